The molecular formula is C8H17NO2. The smallest absolute Gasteiger partial charge is 0.0615 e. The van der Waals surface area contributed by atoms with Gasteiger partial charge in [-0.3, -0.25) is 0 Å². The summed E-state index contributed by atoms with van der Waals surface area (Å²) in [6.45, 7) is 2.76. The summed E-state index contributed by atoms with van der Waals surface area (Å²) in [5, 5.41) is 3.39. The van der Waals surface area contributed by atoms with Gasteiger partial charge in [0.05, 0.1) is 13.2 Å². The van der Waals surface area contributed by atoms with E-state index in [1.807, 2.05) is 0 Å². The van der Waals surface area contributed by atoms with Crippen molar-refractivity contribution in [2.45, 2.75) is 12.5 Å². The molecule has 1 aliphatic heterocycles. The first kappa shape index (κ1) is 8.97. The van der Waals surface area contributed by atoms with Crippen molar-refractivity contribution in [1.82, 2.24) is 5.32 Å². The average Bonchev–Trinajstić information content (AvgIpc) is 2.38. The molecule has 0 aliphatic carbocycles. The molecule has 3 nitrogen and oxygen atoms in total. The van der Waals surface area contributed by atoms with Gasteiger partial charge in [0.25, 0.3) is 0 Å². The molecule has 66 valence electrons. The van der Waals surface area contributed by atoms with Gasteiger partial charge in [-0.05, 0) is 12.3 Å². The standard InChI is InChI=1S/C8H17NO2/c1-10-5-7-3-8(6-11-2)9-4-7/h7-9H,3-6H2,1-2H3/t7-,8-/m0/s1. The van der Waals surface area contributed by atoms with Crippen LogP contribution >= 0.6 is 0 Å². The van der Waals surface area contributed by atoms with E-state index in [4.69, 9.17) is 9.47 Å². The third-order valence-corrected chi connectivity index (χ3v) is 2.08. The highest BCUT2D eigenvalue weighted by atomic mass is 16.5. The zero-order valence-corrected chi connectivity index (χ0v) is 7.30. The van der Waals surface area contributed by atoms with Crippen LogP contribution in [0.4, 0.5) is 0 Å². The Bertz CT molecular complexity index is 96.3. The van der Waals surface area contributed by atoms with Gasteiger partial charge in [-0.15, -0.1) is 0 Å². The summed E-state index contributed by atoms with van der Waals surface area (Å²) >= 11 is 0. The normalized spacial score (nSPS) is 31.1. The minimum Gasteiger partial charge on any atom is -0.384 e. The molecule has 0 aromatic carbocycles. The molecule has 1 saturated heterocycles. The van der Waals surface area contributed by atoms with Gasteiger partial charge in [0.1, 0.15) is 0 Å². The SMILES string of the molecule is COC[C@@H]1CN[C@H](COC)C1. The Morgan fingerprint density at radius 3 is 2.64 bits per heavy atom. The second-order valence-corrected chi connectivity index (χ2v) is 3.12. The van der Waals surface area contributed by atoms with Gasteiger partial charge in [0.2, 0.25) is 0 Å². The molecule has 2 atom stereocenters. The van der Waals surface area contributed by atoms with Crippen LogP contribution in [0.3, 0.4) is 0 Å². The quantitative estimate of drug-likeness (QED) is 0.638. The second kappa shape index (κ2) is 4.70. The molecular weight excluding hydrogens is 142 g/mol. The highest BCUT2D eigenvalue weighted by Gasteiger charge is 2.23. The van der Waals surface area contributed by atoms with Crippen molar-refractivity contribution < 1.29 is 9.47 Å². The molecule has 0 radical (unpaired) electrons. The molecule has 0 spiro atoms. The number of methoxy groups -OCH3 is 2. The van der Waals surface area contributed by atoms with Crippen molar-refractivity contribution in [2.75, 3.05) is 34.0 Å². The Balaban J connectivity index is 2.12. The first-order chi connectivity index (χ1) is 5.36. The molecule has 1 N–H and O–H groups in total. The van der Waals surface area contributed by atoms with Crippen LogP contribution in [-0.4, -0.2) is 40.0 Å². The van der Waals surface area contributed by atoms with E-state index in [1.54, 1.807) is 14.2 Å². The fourth-order valence-corrected chi connectivity index (χ4v) is 1.59. The molecule has 1 rings (SSSR count). The Morgan fingerprint density at radius 2 is 2.00 bits per heavy atom. The van der Waals surface area contributed by atoms with E-state index in [9.17, 15) is 0 Å². The van der Waals surface area contributed by atoms with Crippen LogP contribution in [0.5, 0.6) is 0 Å². The molecule has 1 fully saturated rings. The molecule has 11 heavy (non-hydrogen) atoms. The van der Waals surface area contributed by atoms with Crippen LogP contribution in [0.2, 0.25) is 0 Å². The van der Waals surface area contributed by atoms with Gasteiger partial charge in [-0.1, -0.05) is 0 Å². The average molecular weight is 159 g/mol. The molecule has 1 heterocycles. The first-order valence-corrected chi connectivity index (χ1v) is 4.08. The van der Waals surface area contributed by atoms with Crippen molar-refractivity contribution in [3.63, 3.8) is 0 Å². The summed E-state index contributed by atoms with van der Waals surface area (Å²) in [6.07, 6.45) is 1.18. The largest absolute Gasteiger partial charge is 0.384 e. The minimum absolute atomic E-state index is 0.542. The molecule has 0 saturated carbocycles. The van der Waals surface area contributed by atoms with E-state index >= 15 is 0 Å². The maximum atomic E-state index is 5.07. The summed E-state index contributed by atoms with van der Waals surface area (Å²) in [5.41, 5.74) is 0. The van der Waals surface area contributed by atoms with Gasteiger partial charge in [-0.25, -0.2) is 0 Å². The summed E-state index contributed by atoms with van der Waals surface area (Å²) in [6, 6.07) is 0.542. The van der Waals surface area contributed by atoms with Crippen LogP contribution in [0.15, 0.2) is 0 Å². The predicted molar refractivity (Wildman–Crippen MR) is 43.6 cm³/mol. The van der Waals surface area contributed by atoms with Crippen molar-refractivity contribution in [1.29, 1.82) is 0 Å². The van der Waals surface area contributed by atoms with Crippen LogP contribution in [0.1, 0.15) is 6.42 Å². The van der Waals surface area contributed by atoms with E-state index in [0.29, 0.717) is 12.0 Å². The maximum absolute atomic E-state index is 5.07. The fraction of sp³-hybridized carbons (Fsp3) is 1.00. The van der Waals surface area contributed by atoms with Crippen molar-refractivity contribution in [3.8, 4) is 0 Å². The Morgan fingerprint density at radius 1 is 1.27 bits per heavy atom. The highest BCUT2D eigenvalue weighted by Crippen LogP contribution is 2.13. The second-order valence-electron chi connectivity index (χ2n) is 3.12. The summed E-state index contributed by atoms with van der Waals surface area (Å²) in [5.74, 6) is 0.681. The molecule has 0 amide bonds. The molecule has 0 aromatic heterocycles. The molecule has 0 bridgehead atoms. The zero-order chi connectivity index (χ0) is 8.10. The van der Waals surface area contributed by atoms with Crippen molar-refractivity contribution in [3.05, 3.63) is 0 Å². The number of nitrogens with one attached hydrogen (secondary N) is 1. The lowest BCUT2D eigenvalue weighted by molar-refractivity contribution is 0.149. The number of ether oxygens (including phenoxy) is 2. The zero-order valence-electron chi connectivity index (χ0n) is 7.30. The van der Waals surface area contributed by atoms with Gasteiger partial charge in [0, 0.05) is 26.8 Å². The molecule has 0 unspecified atom stereocenters. The van der Waals surface area contributed by atoms with E-state index in [1.165, 1.54) is 6.42 Å². The Kier molecular flexibility index (Phi) is 3.83. The van der Waals surface area contributed by atoms with Crippen LogP contribution in [0.25, 0.3) is 0 Å². The van der Waals surface area contributed by atoms with Crippen molar-refractivity contribution in [2.24, 2.45) is 5.92 Å². The monoisotopic (exact) mass is 159 g/mol. The summed E-state index contributed by atoms with van der Waals surface area (Å²) < 4.78 is 10.1. The van der Waals surface area contributed by atoms with Gasteiger partial charge in [0.15, 0.2) is 0 Å². The Hall–Kier alpha value is -0.120. The van der Waals surface area contributed by atoms with Crippen LogP contribution < -0.4 is 5.32 Å². The minimum atomic E-state index is 0.542. The third kappa shape index (κ3) is 2.77. The molecule has 3 heteroatoms. The summed E-state index contributed by atoms with van der Waals surface area (Å²) in [7, 11) is 3.50. The lowest BCUT2D eigenvalue weighted by Gasteiger charge is -2.08. The van der Waals surface area contributed by atoms with E-state index < -0.39 is 0 Å². The molecule has 0 aromatic rings. The topological polar surface area (TPSA) is 30.5 Å². The lowest BCUT2D eigenvalue weighted by Crippen LogP contribution is -2.25. The predicted octanol–water partition coefficient (Wildman–Crippen LogP) is 0.257. The van der Waals surface area contributed by atoms with Gasteiger partial charge in [-0.2, -0.15) is 0 Å². The number of hydrogen-bond acceptors (Lipinski definition) is 3. The van der Waals surface area contributed by atoms with E-state index in [-0.39, 0.29) is 0 Å². The highest BCUT2D eigenvalue weighted by molar-refractivity contribution is 4.80. The number of hydrogen-bond donors (Lipinski definition) is 1. The van der Waals surface area contributed by atoms with E-state index in [2.05, 4.69) is 5.32 Å². The Labute approximate surface area is 68.1 Å². The molecule has 1 aliphatic rings. The first-order valence-electron chi connectivity index (χ1n) is 4.08. The lowest BCUT2D eigenvalue weighted by atomic mass is 10.1. The van der Waals surface area contributed by atoms with Crippen molar-refractivity contribution >= 4 is 0 Å². The fourth-order valence-electron chi connectivity index (χ4n) is 1.59. The van der Waals surface area contributed by atoms with Gasteiger partial charge >= 0.3 is 0 Å². The summed E-state index contributed by atoms with van der Waals surface area (Å²) in [4.78, 5) is 0. The van der Waals surface area contributed by atoms with Crippen LogP contribution in [0, 0.1) is 5.92 Å². The third-order valence-electron chi connectivity index (χ3n) is 2.08. The maximum Gasteiger partial charge on any atom is 0.0615 e. The van der Waals surface area contributed by atoms with Gasteiger partial charge < -0.3 is 14.8 Å². The number of rotatable bonds is 4. The van der Waals surface area contributed by atoms with Crippen LogP contribution in [-0.2, 0) is 9.47 Å². The van der Waals surface area contributed by atoms with E-state index in [0.717, 1.165) is 19.8 Å².